The first-order valence-electron chi connectivity index (χ1n) is 9.21. The van der Waals surface area contributed by atoms with Gasteiger partial charge in [-0.05, 0) is 43.7 Å². The number of carbonyl (C=O) groups excluding carboxylic acids is 2. The monoisotopic (exact) mass is 366 g/mol. The summed E-state index contributed by atoms with van der Waals surface area (Å²) in [6.45, 7) is 6.11. The lowest BCUT2D eigenvalue weighted by molar-refractivity contribution is -0.137. The summed E-state index contributed by atoms with van der Waals surface area (Å²) in [6, 6.07) is 17.0. The van der Waals surface area contributed by atoms with Gasteiger partial charge in [0.1, 0.15) is 5.75 Å². The Bertz CT molecular complexity index is 792. The number of ether oxygens (including phenoxy) is 1. The maximum atomic E-state index is 13.0. The predicted molar refractivity (Wildman–Crippen MR) is 105 cm³/mol. The van der Waals surface area contributed by atoms with Gasteiger partial charge in [0, 0.05) is 31.7 Å². The Labute approximate surface area is 160 Å². The molecule has 1 heterocycles. The molecule has 1 aliphatic rings. The van der Waals surface area contributed by atoms with Crippen molar-refractivity contribution >= 4 is 11.8 Å². The van der Waals surface area contributed by atoms with E-state index in [0.717, 1.165) is 11.3 Å². The number of benzene rings is 2. The molecule has 2 amide bonds. The van der Waals surface area contributed by atoms with Crippen molar-refractivity contribution in [3.8, 4) is 5.75 Å². The van der Waals surface area contributed by atoms with Gasteiger partial charge in [0.25, 0.3) is 5.91 Å². The zero-order chi connectivity index (χ0) is 19.4. The van der Waals surface area contributed by atoms with Gasteiger partial charge in [-0.15, -0.1) is 0 Å². The molecule has 5 nitrogen and oxygen atoms in total. The summed E-state index contributed by atoms with van der Waals surface area (Å²) in [5, 5.41) is 0. The fraction of sp³-hybridized carbons (Fsp3) is 0.364. The summed E-state index contributed by atoms with van der Waals surface area (Å²) >= 11 is 0. The number of hydrogen-bond donors (Lipinski definition) is 0. The van der Waals surface area contributed by atoms with E-state index in [9.17, 15) is 9.59 Å². The zero-order valence-electron chi connectivity index (χ0n) is 16.1. The van der Waals surface area contributed by atoms with Crippen LogP contribution in [0.4, 0.5) is 0 Å². The van der Waals surface area contributed by atoms with E-state index in [1.807, 2.05) is 49.1 Å². The van der Waals surface area contributed by atoms with Gasteiger partial charge in [0.2, 0.25) is 5.91 Å². The van der Waals surface area contributed by atoms with E-state index >= 15 is 0 Å². The maximum absolute atomic E-state index is 13.0. The van der Waals surface area contributed by atoms with Gasteiger partial charge in [0.15, 0.2) is 0 Å². The summed E-state index contributed by atoms with van der Waals surface area (Å²) in [5.41, 5.74) is 1.07. The van der Waals surface area contributed by atoms with E-state index in [-0.39, 0.29) is 11.8 Å². The quantitative estimate of drug-likeness (QED) is 0.836. The van der Waals surface area contributed by atoms with Gasteiger partial charge in [-0.25, -0.2) is 0 Å². The van der Waals surface area contributed by atoms with E-state index in [4.69, 9.17) is 4.74 Å². The Morgan fingerprint density at radius 1 is 0.852 bits per heavy atom. The van der Waals surface area contributed by atoms with Crippen molar-refractivity contribution in [1.82, 2.24) is 9.80 Å². The predicted octanol–water partition coefficient (Wildman–Crippen LogP) is 2.96. The van der Waals surface area contributed by atoms with E-state index in [1.165, 1.54) is 0 Å². The van der Waals surface area contributed by atoms with Crippen LogP contribution in [0.5, 0.6) is 5.75 Å². The molecule has 0 unspecified atom stereocenters. The smallest absolute Gasteiger partial charge is 0.253 e. The van der Waals surface area contributed by atoms with Crippen LogP contribution in [0.3, 0.4) is 0 Å². The van der Waals surface area contributed by atoms with Crippen LogP contribution in [0.15, 0.2) is 54.6 Å². The zero-order valence-corrected chi connectivity index (χ0v) is 16.1. The van der Waals surface area contributed by atoms with Crippen LogP contribution in [0, 0.1) is 0 Å². The minimum Gasteiger partial charge on any atom is -0.497 e. The summed E-state index contributed by atoms with van der Waals surface area (Å²) in [6.07, 6.45) is 0. The van der Waals surface area contributed by atoms with Crippen molar-refractivity contribution in [2.45, 2.75) is 19.3 Å². The highest BCUT2D eigenvalue weighted by molar-refractivity contribution is 5.94. The molecule has 5 heteroatoms. The van der Waals surface area contributed by atoms with Crippen LogP contribution in [-0.2, 0) is 10.2 Å². The van der Waals surface area contributed by atoms with Crippen LogP contribution < -0.4 is 4.74 Å². The summed E-state index contributed by atoms with van der Waals surface area (Å²) in [7, 11) is 1.60. The van der Waals surface area contributed by atoms with Crippen LogP contribution in [0.25, 0.3) is 0 Å². The Hall–Kier alpha value is -2.82. The van der Waals surface area contributed by atoms with E-state index in [0.29, 0.717) is 31.7 Å². The fourth-order valence-corrected chi connectivity index (χ4v) is 3.40. The third-order valence-corrected chi connectivity index (χ3v) is 5.22. The average molecular weight is 366 g/mol. The SMILES string of the molecule is COc1ccc(C(=O)N2CCN(C(=O)C(C)(C)c3ccccc3)CC2)cc1. The van der Waals surface area contributed by atoms with Gasteiger partial charge >= 0.3 is 0 Å². The molecule has 0 aromatic heterocycles. The van der Waals surface area contributed by atoms with Gasteiger partial charge in [-0.2, -0.15) is 0 Å². The lowest BCUT2D eigenvalue weighted by Gasteiger charge is -2.38. The Balaban J connectivity index is 1.62. The maximum Gasteiger partial charge on any atom is 0.253 e. The number of rotatable bonds is 4. The van der Waals surface area contributed by atoms with Gasteiger partial charge in [-0.1, -0.05) is 30.3 Å². The number of carbonyl (C=O) groups is 2. The molecule has 3 rings (SSSR count). The fourth-order valence-electron chi connectivity index (χ4n) is 3.40. The number of amides is 2. The minimum absolute atomic E-state index is 0.00734. The summed E-state index contributed by atoms with van der Waals surface area (Å²) in [4.78, 5) is 29.4. The molecule has 0 saturated carbocycles. The molecule has 2 aromatic rings. The van der Waals surface area contributed by atoms with E-state index < -0.39 is 5.41 Å². The molecule has 0 aliphatic carbocycles. The molecule has 2 aromatic carbocycles. The number of piperazine rings is 1. The van der Waals surface area contributed by atoms with Crippen molar-refractivity contribution < 1.29 is 14.3 Å². The van der Waals surface area contributed by atoms with Crippen LogP contribution in [0.2, 0.25) is 0 Å². The lowest BCUT2D eigenvalue weighted by atomic mass is 9.83. The molecule has 0 atom stereocenters. The van der Waals surface area contributed by atoms with Crippen molar-refractivity contribution in [3.63, 3.8) is 0 Å². The molecular weight excluding hydrogens is 340 g/mol. The molecule has 1 fully saturated rings. The Kier molecular flexibility index (Phi) is 5.49. The van der Waals surface area contributed by atoms with Crippen molar-refractivity contribution in [2.24, 2.45) is 0 Å². The van der Waals surface area contributed by atoms with E-state index in [1.54, 1.807) is 36.3 Å². The molecule has 0 N–H and O–H groups in total. The van der Waals surface area contributed by atoms with Crippen LogP contribution in [-0.4, -0.2) is 54.9 Å². The standard InChI is InChI=1S/C22H26N2O3/c1-22(2,18-7-5-4-6-8-18)21(26)24-15-13-23(14-16-24)20(25)17-9-11-19(27-3)12-10-17/h4-12H,13-16H2,1-3H3. The molecule has 0 spiro atoms. The molecule has 142 valence electrons. The Morgan fingerprint density at radius 3 is 1.96 bits per heavy atom. The highest BCUT2D eigenvalue weighted by Crippen LogP contribution is 2.26. The van der Waals surface area contributed by atoms with Crippen LogP contribution >= 0.6 is 0 Å². The third-order valence-electron chi connectivity index (χ3n) is 5.22. The molecule has 1 aliphatic heterocycles. The first-order valence-corrected chi connectivity index (χ1v) is 9.21. The van der Waals surface area contributed by atoms with Crippen LogP contribution in [0.1, 0.15) is 29.8 Å². The summed E-state index contributed by atoms with van der Waals surface area (Å²) in [5.74, 6) is 0.822. The van der Waals surface area contributed by atoms with Crippen molar-refractivity contribution in [2.75, 3.05) is 33.3 Å². The lowest BCUT2D eigenvalue weighted by Crippen LogP contribution is -2.54. The summed E-state index contributed by atoms with van der Waals surface area (Å²) < 4.78 is 5.13. The molecular formula is C22H26N2O3. The Morgan fingerprint density at radius 2 is 1.41 bits per heavy atom. The first kappa shape index (κ1) is 19.0. The molecule has 0 radical (unpaired) electrons. The van der Waals surface area contributed by atoms with Gasteiger partial charge < -0.3 is 14.5 Å². The number of methoxy groups -OCH3 is 1. The molecule has 27 heavy (non-hydrogen) atoms. The third kappa shape index (κ3) is 3.97. The van der Waals surface area contributed by atoms with Crippen molar-refractivity contribution in [3.05, 3.63) is 65.7 Å². The topological polar surface area (TPSA) is 49.9 Å². The largest absolute Gasteiger partial charge is 0.497 e. The van der Waals surface area contributed by atoms with Gasteiger partial charge in [0.05, 0.1) is 12.5 Å². The molecule has 0 bridgehead atoms. The molecule has 1 saturated heterocycles. The highest BCUT2D eigenvalue weighted by atomic mass is 16.5. The highest BCUT2D eigenvalue weighted by Gasteiger charge is 2.35. The minimum atomic E-state index is -0.580. The second-order valence-electron chi connectivity index (χ2n) is 7.30. The first-order chi connectivity index (χ1) is 12.9. The number of hydrogen-bond acceptors (Lipinski definition) is 3. The average Bonchev–Trinajstić information content (AvgIpc) is 2.73. The second-order valence-corrected chi connectivity index (χ2v) is 7.30. The number of nitrogens with zero attached hydrogens (tertiary/aromatic N) is 2. The normalized spacial score (nSPS) is 14.8. The van der Waals surface area contributed by atoms with Gasteiger partial charge in [-0.3, -0.25) is 9.59 Å². The van der Waals surface area contributed by atoms with Crippen molar-refractivity contribution in [1.29, 1.82) is 0 Å². The van der Waals surface area contributed by atoms with E-state index in [2.05, 4.69) is 0 Å². The second kappa shape index (κ2) is 7.82.